The third-order valence-electron chi connectivity index (χ3n) is 2.86. The standard InChI is InChI=1S/C15H25N.C2H6/c1-4-6-11-16(10-5-2)13-15-9-7-8-14(3)12-15;1-2/h7-9,12H,4-6,10-11,13H2,1-3H3;1-2H3. The van der Waals surface area contributed by atoms with Gasteiger partial charge < -0.3 is 0 Å². The second kappa shape index (κ2) is 11.3. The highest BCUT2D eigenvalue weighted by Gasteiger charge is 2.04. The van der Waals surface area contributed by atoms with Crippen molar-refractivity contribution in [3.63, 3.8) is 0 Å². The molecule has 0 aromatic heterocycles. The van der Waals surface area contributed by atoms with Crippen LogP contribution in [0.3, 0.4) is 0 Å². The van der Waals surface area contributed by atoms with Crippen LogP contribution >= 0.6 is 0 Å². The summed E-state index contributed by atoms with van der Waals surface area (Å²) in [6, 6.07) is 8.87. The number of unbranched alkanes of at least 4 members (excludes halogenated alkanes) is 1. The Morgan fingerprint density at radius 2 is 1.72 bits per heavy atom. The zero-order valence-corrected chi connectivity index (χ0v) is 13.0. The van der Waals surface area contributed by atoms with Gasteiger partial charge in [0.2, 0.25) is 0 Å². The zero-order chi connectivity index (χ0) is 13.8. The van der Waals surface area contributed by atoms with E-state index in [4.69, 9.17) is 0 Å². The first-order chi connectivity index (χ1) is 8.76. The molecule has 1 rings (SSSR count). The van der Waals surface area contributed by atoms with Crippen LogP contribution in [-0.4, -0.2) is 18.0 Å². The molecule has 1 heteroatoms. The molecule has 0 atom stereocenters. The summed E-state index contributed by atoms with van der Waals surface area (Å²) in [6.45, 7) is 14.2. The molecule has 18 heavy (non-hydrogen) atoms. The molecule has 1 aromatic carbocycles. The van der Waals surface area contributed by atoms with Crippen LogP contribution in [0.15, 0.2) is 24.3 Å². The smallest absolute Gasteiger partial charge is 0.0233 e. The second-order valence-electron chi connectivity index (χ2n) is 4.62. The topological polar surface area (TPSA) is 3.24 Å². The summed E-state index contributed by atoms with van der Waals surface area (Å²) < 4.78 is 0. The van der Waals surface area contributed by atoms with E-state index in [2.05, 4.69) is 49.9 Å². The average molecular weight is 249 g/mol. The molecular weight excluding hydrogens is 218 g/mol. The fraction of sp³-hybridized carbons (Fsp3) is 0.647. The zero-order valence-electron chi connectivity index (χ0n) is 13.0. The molecule has 0 amide bonds. The van der Waals surface area contributed by atoms with Crippen molar-refractivity contribution in [2.75, 3.05) is 13.1 Å². The van der Waals surface area contributed by atoms with Crippen molar-refractivity contribution in [3.8, 4) is 0 Å². The van der Waals surface area contributed by atoms with Gasteiger partial charge in [-0.2, -0.15) is 0 Å². The third kappa shape index (κ3) is 7.50. The average Bonchev–Trinajstić information content (AvgIpc) is 2.39. The summed E-state index contributed by atoms with van der Waals surface area (Å²) in [5, 5.41) is 0. The van der Waals surface area contributed by atoms with Gasteiger partial charge in [0, 0.05) is 6.54 Å². The van der Waals surface area contributed by atoms with E-state index in [1.165, 1.54) is 43.5 Å². The van der Waals surface area contributed by atoms with Gasteiger partial charge in [0.1, 0.15) is 0 Å². The lowest BCUT2D eigenvalue weighted by Crippen LogP contribution is -2.25. The number of benzene rings is 1. The van der Waals surface area contributed by atoms with E-state index in [1.54, 1.807) is 0 Å². The van der Waals surface area contributed by atoms with Crippen LogP contribution in [0.4, 0.5) is 0 Å². The van der Waals surface area contributed by atoms with E-state index >= 15 is 0 Å². The Bertz CT molecular complexity index is 293. The Hall–Kier alpha value is -0.820. The first-order valence-electron chi connectivity index (χ1n) is 7.54. The molecule has 0 saturated carbocycles. The van der Waals surface area contributed by atoms with Gasteiger partial charge in [-0.05, 0) is 38.4 Å². The van der Waals surface area contributed by atoms with Crippen molar-refractivity contribution in [1.82, 2.24) is 4.90 Å². The molecule has 0 aliphatic carbocycles. The van der Waals surface area contributed by atoms with E-state index < -0.39 is 0 Å². The highest BCUT2D eigenvalue weighted by molar-refractivity contribution is 5.22. The molecule has 1 nitrogen and oxygen atoms in total. The van der Waals surface area contributed by atoms with Gasteiger partial charge in [0.15, 0.2) is 0 Å². The molecular formula is C17H31N. The molecule has 0 aliphatic heterocycles. The molecule has 0 saturated heterocycles. The molecule has 0 fully saturated rings. The van der Waals surface area contributed by atoms with Crippen LogP contribution < -0.4 is 0 Å². The number of rotatable bonds is 7. The molecule has 0 N–H and O–H groups in total. The molecule has 0 spiro atoms. The van der Waals surface area contributed by atoms with Gasteiger partial charge >= 0.3 is 0 Å². The second-order valence-corrected chi connectivity index (χ2v) is 4.62. The minimum Gasteiger partial charge on any atom is -0.299 e. The van der Waals surface area contributed by atoms with Gasteiger partial charge in [0.25, 0.3) is 0 Å². The lowest BCUT2D eigenvalue weighted by molar-refractivity contribution is 0.261. The van der Waals surface area contributed by atoms with Gasteiger partial charge in [0.05, 0.1) is 0 Å². The van der Waals surface area contributed by atoms with Crippen LogP contribution in [0.25, 0.3) is 0 Å². The SMILES string of the molecule is CC.CCCCN(CCC)Cc1cccc(C)c1. The van der Waals surface area contributed by atoms with E-state index in [1.807, 2.05) is 13.8 Å². The van der Waals surface area contributed by atoms with Crippen LogP contribution in [0.5, 0.6) is 0 Å². The summed E-state index contributed by atoms with van der Waals surface area (Å²) in [5.74, 6) is 0. The van der Waals surface area contributed by atoms with Crippen molar-refractivity contribution in [2.45, 2.75) is 60.4 Å². The first-order valence-corrected chi connectivity index (χ1v) is 7.54. The highest BCUT2D eigenvalue weighted by Crippen LogP contribution is 2.09. The number of nitrogens with zero attached hydrogens (tertiary/aromatic N) is 1. The van der Waals surface area contributed by atoms with E-state index in [0.29, 0.717) is 0 Å². The van der Waals surface area contributed by atoms with Gasteiger partial charge in [-0.1, -0.05) is 63.9 Å². The van der Waals surface area contributed by atoms with Gasteiger partial charge in [-0.3, -0.25) is 4.90 Å². The predicted octanol–water partition coefficient (Wildman–Crippen LogP) is 5.03. The summed E-state index contributed by atoms with van der Waals surface area (Å²) in [6.07, 6.45) is 3.84. The minimum atomic E-state index is 1.11. The lowest BCUT2D eigenvalue weighted by atomic mass is 10.1. The Kier molecular flexibility index (Phi) is 10.8. The van der Waals surface area contributed by atoms with Gasteiger partial charge in [-0.25, -0.2) is 0 Å². The van der Waals surface area contributed by atoms with Crippen LogP contribution in [0.2, 0.25) is 0 Å². The monoisotopic (exact) mass is 249 g/mol. The van der Waals surface area contributed by atoms with Crippen LogP contribution in [0, 0.1) is 6.92 Å². The normalized spacial score (nSPS) is 10.1. The molecule has 0 heterocycles. The fourth-order valence-corrected chi connectivity index (χ4v) is 2.04. The van der Waals surface area contributed by atoms with Crippen LogP contribution in [-0.2, 0) is 6.54 Å². The summed E-state index contributed by atoms with van der Waals surface area (Å²) in [5.41, 5.74) is 2.81. The van der Waals surface area contributed by atoms with Crippen molar-refractivity contribution >= 4 is 0 Å². The van der Waals surface area contributed by atoms with E-state index in [-0.39, 0.29) is 0 Å². The largest absolute Gasteiger partial charge is 0.299 e. The summed E-state index contributed by atoms with van der Waals surface area (Å²) in [7, 11) is 0. The molecule has 104 valence electrons. The Balaban J connectivity index is 0.00000137. The third-order valence-corrected chi connectivity index (χ3v) is 2.86. The lowest BCUT2D eigenvalue weighted by Gasteiger charge is -2.21. The highest BCUT2D eigenvalue weighted by atomic mass is 15.1. The summed E-state index contributed by atoms with van der Waals surface area (Å²) in [4.78, 5) is 2.57. The molecule has 0 radical (unpaired) electrons. The minimum absolute atomic E-state index is 1.11. The van der Waals surface area contributed by atoms with E-state index in [9.17, 15) is 0 Å². The van der Waals surface area contributed by atoms with Crippen LogP contribution in [0.1, 0.15) is 58.1 Å². The van der Waals surface area contributed by atoms with Crippen molar-refractivity contribution in [3.05, 3.63) is 35.4 Å². The quantitative estimate of drug-likeness (QED) is 0.655. The summed E-state index contributed by atoms with van der Waals surface area (Å²) >= 11 is 0. The van der Waals surface area contributed by atoms with E-state index in [0.717, 1.165) is 6.54 Å². The molecule has 0 aliphatic rings. The number of hydrogen-bond acceptors (Lipinski definition) is 1. The van der Waals surface area contributed by atoms with Crippen molar-refractivity contribution in [2.24, 2.45) is 0 Å². The molecule has 0 bridgehead atoms. The maximum atomic E-state index is 2.57. The maximum Gasteiger partial charge on any atom is 0.0233 e. The maximum absolute atomic E-state index is 2.57. The molecule has 1 aromatic rings. The van der Waals surface area contributed by atoms with Crippen molar-refractivity contribution in [1.29, 1.82) is 0 Å². The Morgan fingerprint density at radius 1 is 1.00 bits per heavy atom. The van der Waals surface area contributed by atoms with Gasteiger partial charge in [-0.15, -0.1) is 0 Å². The fourth-order valence-electron chi connectivity index (χ4n) is 2.04. The first kappa shape index (κ1) is 17.2. The Labute approximate surface area is 114 Å². The number of aryl methyl sites for hydroxylation is 1. The molecule has 0 unspecified atom stereocenters. The Morgan fingerprint density at radius 3 is 2.28 bits per heavy atom. The number of hydrogen-bond donors (Lipinski definition) is 0. The predicted molar refractivity (Wildman–Crippen MR) is 83.0 cm³/mol. The van der Waals surface area contributed by atoms with Crippen molar-refractivity contribution < 1.29 is 0 Å².